The maximum atomic E-state index is 9.44. The van der Waals surface area contributed by atoms with Crippen molar-refractivity contribution in [1.82, 2.24) is 25.1 Å². The number of aliphatic hydroxyl groups excluding tert-OH is 1. The number of benzene rings is 1. The van der Waals surface area contributed by atoms with E-state index >= 15 is 0 Å². The molecular weight excluding hydrogens is 406 g/mol. The van der Waals surface area contributed by atoms with E-state index in [1.54, 1.807) is 13.3 Å². The number of rotatable bonds is 10. The number of nitrogens with one attached hydrogen (secondary N) is 2. The van der Waals surface area contributed by atoms with Gasteiger partial charge in [0.05, 0.1) is 19.9 Å². The number of hydrogen-bond donors (Lipinski definition) is 4. The Morgan fingerprint density at radius 1 is 1.34 bits per heavy atom. The van der Waals surface area contributed by atoms with Gasteiger partial charge in [0, 0.05) is 24.3 Å². The summed E-state index contributed by atoms with van der Waals surface area (Å²) in [4.78, 5) is 8.82. The maximum Gasteiger partial charge on any atom is 0.222 e. The second-order valence-electron chi connectivity index (χ2n) is 8.33. The number of nitrogens with zero attached hydrogens (tertiary/aromatic N) is 4. The van der Waals surface area contributed by atoms with Crippen molar-refractivity contribution in [2.75, 3.05) is 31.3 Å². The fourth-order valence-corrected chi connectivity index (χ4v) is 4.46. The Morgan fingerprint density at radius 3 is 2.94 bits per heavy atom. The van der Waals surface area contributed by atoms with Crippen LogP contribution in [-0.2, 0) is 6.54 Å². The molecule has 0 saturated carbocycles. The van der Waals surface area contributed by atoms with Gasteiger partial charge in [0.2, 0.25) is 5.95 Å². The smallest absolute Gasteiger partial charge is 0.222 e. The number of fused-ring (bicyclic) bond motifs is 1. The molecule has 1 aliphatic heterocycles. The van der Waals surface area contributed by atoms with E-state index < -0.39 is 0 Å². The van der Waals surface area contributed by atoms with Gasteiger partial charge in [-0.1, -0.05) is 25.5 Å². The Kier molecular flexibility index (Phi) is 7.06. The Morgan fingerprint density at radius 2 is 2.22 bits per heavy atom. The van der Waals surface area contributed by atoms with E-state index in [1.165, 1.54) is 12.0 Å². The molecule has 0 aliphatic carbocycles. The minimum Gasteiger partial charge on any atom is -0.496 e. The van der Waals surface area contributed by atoms with Gasteiger partial charge in [0.15, 0.2) is 5.82 Å². The Bertz CT molecular complexity index is 1040. The van der Waals surface area contributed by atoms with Crippen LogP contribution in [0, 0.1) is 0 Å². The van der Waals surface area contributed by atoms with Crippen LogP contribution in [0.1, 0.15) is 56.2 Å². The van der Waals surface area contributed by atoms with Gasteiger partial charge in [-0.05, 0) is 43.9 Å². The zero-order chi connectivity index (χ0) is 22.5. The first-order chi connectivity index (χ1) is 15.6. The van der Waals surface area contributed by atoms with Gasteiger partial charge >= 0.3 is 0 Å². The minimum atomic E-state index is 0.0959. The fraction of sp³-hybridized carbons (Fsp3) is 0.522. The molecule has 2 aromatic heterocycles. The van der Waals surface area contributed by atoms with E-state index in [-0.39, 0.29) is 18.6 Å². The lowest BCUT2D eigenvalue weighted by molar-refractivity contribution is 0.276. The molecule has 3 aromatic rings. The number of hydrogen-bond acceptors (Lipinski definition) is 8. The SMILES string of the molecule is CCC[C@@H](CCO)Nc1nc(N)nc2cnn(Cc3ccc(C4CCCN4)cc3OC)c12. The molecule has 1 aliphatic rings. The van der Waals surface area contributed by atoms with Crippen LogP contribution < -0.4 is 21.1 Å². The molecule has 1 aromatic carbocycles. The Labute approximate surface area is 188 Å². The first-order valence-electron chi connectivity index (χ1n) is 11.4. The number of nitrogens with two attached hydrogens (primary N) is 1. The highest BCUT2D eigenvalue weighted by Gasteiger charge is 2.20. The number of nitrogen functional groups attached to an aromatic ring is 1. The summed E-state index contributed by atoms with van der Waals surface area (Å²) in [6, 6.07) is 6.88. The summed E-state index contributed by atoms with van der Waals surface area (Å²) >= 11 is 0. The standard InChI is InChI=1S/C23H33N7O2/c1-3-5-17(9-11-31)27-22-21-19(28-23(24)29-22)13-26-30(21)14-16-8-7-15(12-20(16)32-2)18-6-4-10-25-18/h7-8,12-13,17-18,25,31H,3-6,9-11,14H2,1-2H3,(H3,24,27,28,29)/t17-,18?/m0/s1. The van der Waals surface area contributed by atoms with Crippen molar-refractivity contribution in [2.24, 2.45) is 0 Å². The van der Waals surface area contributed by atoms with Crippen LogP contribution in [0.25, 0.3) is 11.0 Å². The molecule has 0 spiro atoms. The second-order valence-corrected chi connectivity index (χ2v) is 8.33. The lowest BCUT2D eigenvalue weighted by Gasteiger charge is -2.19. The van der Waals surface area contributed by atoms with Crippen molar-refractivity contribution in [2.45, 2.75) is 57.7 Å². The van der Waals surface area contributed by atoms with Crippen molar-refractivity contribution in [1.29, 1.82) is 0 Å². The number of methoxy groups -OCH3 is 1. The molecule has 5 N–H and O–H groups in total. The highest BCUT2D eigenvalue weighted by molar-refractivity contribution is 5.86. The van der Waals surface area contributed by atoms with Crippen LogP contribution in [0.2, 0.25) is 0 Å². The number of anilines is 2. The van der Waals surface area contributed by atoms with E-state index in [4.69, 9.17) is 10.5 Å². The van der Waals surface area contributed by atoms with Crippen molar-refractivity contribution >= 4 is 22.8 Å². The third-order valence-electron chi connectivity index (χ3n) is 6.06. The molecule has 9 heteroatoms. The molecule has 9 nitrogen and oxygen atoms in total. The molecular formula is C23H33N7O2. The van der Waals surface area contributed by atoms with Gasteiger partial charge in [0.25, 0.3) is 0 Å². The summed E-state index contributed by atoms with van der Waals surface area (Å²) < 4.78 is 7.60. The zero-order valence-corrected chi connectivity index (χ0v) is 18.8. The molecule has 172 valence electrons. The molecule has 3 heterocycles. The summed E-state index contributed by atoms with van der Waals surface area (Å²) in [6.45, 7) is 3.81. The minimum absolute atomic E-state index is 0.0959. The highest BCUT2D eigenvalue weighted by atomic mass is 16.5. The third-order valence-corrected chi connectivity index (χ3v) is 6.06. The molecule has 1 fully saturated rings. The van der Waals surface area contributed by atoms with Crippen LogP contribution in [-0.4, -0.2) is 51.2 Å². The van der Waals surface area contributed by atoms with Crippen LogP contribution >= 0.6 is 0 Å². The van der Waals surface area contributed by atoms with Crippen molar-refractivity contribution in [3.63, 3.8) is 0 Å². The van der Waals surface area contributed by atoms with Crippen LogP contribution in [0.15, 0.2) is 24.4 Å². The van der Waals surface area contributed by atoms with E-state index in [2.05, 4.69) is 50.8 Å². The zero-order valence-electron chi connectivity index (χ0n) is 18.8. The average molecular weight is 440 g/mol. The predicted molar refractivity (Wildman–Crippen MR) is 126 cm³/mol. The van der Waals surface area contributed by atoms with E-state index in [0.29, 0.717) is 30.3 Å². The van der Waals surface area contributed by atoms with Crippen LogP contribution in [0.5, 0.6) is 5.75 Å². The molecule has 0 radical (unpaired) electrons. The van der Waals surface area contributed by atoms with E-state index in [0.717, 1.165) is 42.6 Å². The Hall–Kier alpha value is -2.91. The van der Waals surface area contributed by atoms with Crippen LogP contribution in [0.4, 0.5) is 11.8 Å². The van der Waals surface area contributed by atoms with E-state index in [9.17, 15) is 5.11 Å². The molecule has 0 bridgehead atoms. The Balaban J connectivity index is 1.66. The average Bonchev–Trinajstić information content (AvgIpc) is 3.45. The summed E-state index contributed by atoms with van der Waals surface area (Å²) in [5, 5.41) is 21.0. The van der Waals surface area contributed by atoms with Gasteiger partial charge in [-0.2, -0.15) is 10.1 Å². The summed E-state index contributed by atoms with van der Waals surface area (Å²) in [6.07, 6.45) is 6.61. The molecule has 4 rings (SSSR count). The topological polar surface area (TPSA) is 123 Å². The maximum absolute atomic E-state index is 9.44. The quantitative estimate of drug-likeness (QED) is 0.380. The van der Waals surface area contributed by atoms with Crippen molar-refractivity contribution < 1.29 is 9.84 Å². The van der Waals surface area contributed by atoms with Gasteiger partial charge < -0.3 is 26.2 Å². The summed E-state index contributed by atoms with van der Waals surface area (Å²) in [5.74, 6) is 1.68. The van der Waals surface area contributed by atoms with Crippen LogP contribution in [0.3, 0.4) is 0 Å². The van der Waals surface area contributed by atoms with Crippen molar-refractivity contribution in [3.8, 4) is 5.75 Å². The predicted octanol–water partition coefficient (Wildman–Crippen LogP) is 2.85. The lowest BCUT2D eigenvalue weighted by Crippen LogP contribution is -2.22. The largest absolute Gasteiger partial charge is 0.496 e. The molecule has 1 unspecified atom stereocenters. The molecule has 0 amide bonds. The molecule has 2 atom stereocenters. The second kappa shape index (κ2) is 10.1. The molecule has 1 saturated heterocycles. The first-order valence-corrected chi connectivity index (χ1v) is 11.4. The number of ether oxygens (including phenoxy) is 1. The monoisotopic (exact) mass is 439 g/mol. The summed E-state index contributed by atoms with van der Waals surface area (Å²) in [7, 11) is 1.70. The highest BCUT2D eigenvalue weighted by Crippen LogP contribution is 2.30. The summed E-state index contributed by atoms with van der Waals surface area (Å²) in [5.41, 5.74) is 9.71. The third kappa shape index (κ3) is 4.78. The molecule has 32 heavy (non-hydrogen) atoms. The first kappa shape index (κ1) is 22.3. The fourth-order valence-electron chi connectivity index (χ4n) is 4.46. The van der Waals surface area contributed by atoms with Gasteiger partial charge in [-0.15, -0.1) is 0 Å². The number of aromatic nitrogens is 4. The van der Waals surface area contributed by atoms with Gasteiger partial charge in [-0.25, -0.2) is 4.98 Å². The number of aliphatic hydroxyl groups is 1. The lowest BCUT2D eigenvalue weighted by atomic mass is 10.0. The van der Waals surface area contributed by atoms with Gasteiger partial charge in [0.1, 0.15) is 16.8 Å². The normalized spacial score (nSPS) is 17.0. The van der Waals surface area contributed by atoms with Gasteiger partial charge in [-0.3, -0.25) is 4.68 Å². The van der Waals surface area contributed by atoms with E-state index in [1.807, 2.05) is 4.68 Å². The van der Waals surface area contributed by atoms with Crippen molar-refractivity contribution in [3.05, 3.63) is 35.5 Å².